The maximum Gasteiger partial charge on any atom is 0.251 e. The predicted molar refractivity (Wildman–Crippen MR) is 76.2 cm³/mol. The van der Waals surface area contributed by atoms with Crippen molar-refractivity contribution in [2.75, 3.05) is 32.8 Å². The molecule has 0 spiro atoms. The van der Waals surface area contributed by atoms with Crippen molar-refractivity contribution in [2.45, 2.75) is 0 Å². The quantitative estimate of drug-likeness (QED) is 0.917. The van der Waals surface area contributed by atoms with Crippen molar-refractivity contribution >= 4 is 35.0 Å². The van der Waals surface area contributed by atoms with E-state index in [2.05, 4.69) is 5.32 Å². The fourth-order valence-corrected chi connectivity index (χ4v) is 2.13. The number of nitrogens with one attached hydrogen (secondary N) is 1. The van der Waals surface area contributed by atoms with E-state index in [1.54, 1.807) is 17.0 Å². The van der Waals surface area contributed by atoms with Gasteiger partial charge in [0, 0.05) is 25.2 Å². The van der Waals surface area contributed by atoms with Crippen LogP contribution in [0.15, 0.2) is 18.2 Å². The van der Waals surface area contributed by atoms with Gasteiger partial charge in [-0.3, -0.25) is 9.59 Å². The molecule has 2 amide bonds. The van der Waals surface area contributed by atoms with Crippen molar-refractivity contribution in [3.8, 4) is 0 Å². The third-order valence-corrected chi connectivity index (χ3v) is 3.67. The molecular formula is C13H14Cl2N2O3. The van der Waals surface area contributed by atoms with Crippen molar-refractivity contribution < 1.29 is 14.3 Å². The zero-order valence-corrected chi connectivity index (χ0v) is 12.2. The molecule has 1 aliphatic heterocycles. The first-order valence-electron chi connectivity index (χ1n) is 6.16. The van der Waals surface area contributed by atoms with Crippen molar-refractivity contribution in [3.63, 3.8) is 0 Å². The van der Waals surface area contributed by atoms with Gasteiger partial charge in [0.2, 0.25) is 5.91 Å². The normalized spacial score (nSPS) is 15.3. The second-order valence-corrected chi connectivity index (χ2v) is 5.13. The summed E-state index contributed by atoms with van der Waals surface area (Å²) in [6.45, 7) is 2.05. The van der Waals surface area contributed by atoms with E-state index < -0.39 is 0 Å². The molecule has 7 heteroatoms. The number of hydrogen-bond donors (Lipinski definition) is 1. The minimum Gasteiger partial charge on any atom is -0.370 e. The molecule has 1 aliphatic rings. The lowest BCUT2D eigenvalue weighted by Gasteiger charge is -2.26. The molecule has 1 aromatic rings. The molecule has 0 bridgehead atoms. The van der Waals surface area contributed by atoms with Crippen LogP contribution < -0.4 is 5.32 Å². The largest absolute Gasteiger partial charge is 0.370 e. The molecule has 2 rings (SSSR count). The molecule has 0 unspecified atom stereocenters. The van der Waals surface area contributed by atoms with Crippen molar-refractivity contribution in [1.82, 2.24) is 10.2 Å². The average Bonchev–Trinajstić information content (AvgIpc) is 2.44. The van der Waals surface area contributed by atoms with Crippen molar-refractivity contribution in [3.05, 3.63) is 33.8 Å². The Morgan fingerprint density at radius 2 is 2.15 bits per heavy atom. The third kappa shape index (κ3) is 3.85. The van der Waals surface area contributed by atoms with Crippen LogP contribution in [0.4, 0.5) is 0 Å². The third-order valence-electron chi connectivity index (χ3n) is 2.93. The Hall–Kier alpha value is -1.30. The summed E-state index contributed by atoms with van der Waals surface area (Å²) in [4.78, 5) is 25.0. The van der Waals surface area contributed by atoms with Crippen LogP contribution in [0.1, 0.15) is 10.4 Å². The van der Waals surface area contributed by atoms with E-state index in [4.69, 9.17) is 27.9 Å². The fraction of sp³-hybridized carbons (Fsp3) is 0.385. The van der Waals surface area contributed by atoms with Gasteiger partial charge in [0.1, 0.15) is 6.61 Å². The van der Waals surface area contributed by atoms with Crippen LogP contribution >= 0.6 is 23.2 Å². The van der Waals surface area contributed by atoms with E-state index in [0.29, 0.717) is 41.8 Å². The molecule has 1 aromatic carbocycles. The topological polar surface area (TPSA) is 58.6 Å². The van der Waals surface area contributed by atoms with E-state index in [1.807, 2.05) is 0 Å². The molecule has 5 nitrogen and oxygen atoms in total. The maximum absolute atomic E-state index is 11.9. The molecular weight excluding hydrogens is 303 g/mol. The summed E-state index contributed by atoms with van der Waals surface area (Å²) < 4.78 is 5.03. The first kappa shape index (κ1) is 15.1. The molecule has 1 saturated heterocycles. The lowest BCUT2D eigenvalue weighted by atomic mass is 10.2. The molecule has 1 N–H and O–H groups in total. The maximum atomic E-state index is 11.9. The fourth-order valence-electron chi connectivity index (χ4n) is 1.83. The number of rotatable bonds is 4. The molecule has 1 heterocycles. The molecule has 0 atom stereocenters. The summed E-state index contributed by atoms with van der Waals surface area (Å²) in [7, 11) is 0. The van der Waals surface area contributed by atoms with E-state index >= 15 is 0 Å². The summed E-state index contributed by atoms with van der Waals surface area (Å²) in [5.74, 6) is -0.302. The molecule has 20 heavy (non-hydrogen) atoms. The Bertz CT molecular complexity index is 522. The zero-order chi connectivity index (χ0) is 14.5. The Kier molecular flexibility index (Phi) is 5.23. The highest BCUT2D eigenvalue weighted by Gasteiger charge is 2.18. The summed E-state index contributed by atoms with van der Waals surface area (Å²) >= 11 is 11.6. The second-order valence-electron chi connectivity index (χ2n) is 4.32. The van der Waals surface area contributed by atoms with Gasteiger partial charge in [0.25, 0.3) is 5.91 Å². The zero-order valence-electron chi connectivity index (χ0n) is 10.7. The van der Waals surface area contributed by atoms with Crippen LogP contribution in [0.5, 0.6) is 0 Å². The number of benzene rings is 1. The number of hydrogen-bond acceptors (Lipinski definition) is 3. The number of halogens is 2. The van der Waals surface area contributed by atoms with Crippen molar-refractivity contribution in [2.24, 2.45) is 0 Å². The number of carbonyl (C=O) groups excluding carboxylic acids is 2. The number of morpholine rings is 1. The van der Waals surface area contributed by atoms with Gasteiger partial charge >= 0.3 is 0 Å². The van der Waals surface area contributed by atoms with Crippen molar-refractivity contribution in [1.29, 1.82) is 0 Å². The first-order valence-corrected chi connectivity index (χ1v) is 6.92. The molecule has 1 fully saturated rings. The highest BCUT2D eigenvalue weighted by atomic mass is 35.5. The van der Waals surface area contributed by atoms with Gasteiger partial charge in [-0.1, -0.05) is 23.2 Å². The van der Waals surface area contributed by atoms with Crippen LogP contribution in [0.3, 0.4) is 0 Å². The lowest BCUT2D eigenvalue weighted by molar-refractivity contribution is -0.142. The van der Waals surface area contributed by atoms with E-state index in [-0.39, 0.29) is 18.4 Å². The number of carbonyl (C=O) groups is 2. The van der Waals surface area contributed by atoms with Crippen LogP contribution in [0.2, 0.25) is 10.0 Å². The van der Waals surface area contributed by atoms with Gasteiger partial charge in [-0.25, -0.2) is 0 Å². The minimum atomic E-state index is -0.246. The summed E-state index contributed by atoms with van der Waals surface area (Å²) in [5, 5.41) is 3.48. The SMILES string of the molecule is O=C(NCCN1CCOCC1=O)c1ccc(Cl)c(Cl)c1. The first-order chi connectivity index (χ1) is 9.58. The standard InChI is InChI=1S/C13H14Cl2N2O3/c14-10-2-1-9(7-11(10)15)13(19)16-3-4-17-5-6-20-8-12(17)18/h1-2,7H,3-6,8H2,(H,16,19). The highest BCUT2D eigenvalue weighted by Crippen LogP contribution is 2.22. The number of nitrogens with zero attached hydrogens (tertiary/aromatic N) is 1. The highest BCUT2D eigenvalue weighted by molar-refractivity contribution is 6.42. The van der Waals surface area contributed by atoms with Gasteiger partial charge in [-0.05, 0) is 18.2 Å². The smallest absolute Gasteiger partial charge is 0.251 e. The van der Waals surface area contributed by atoms with Gasteiger partial charge in [0.05, 0.1) is 16.7 Å². The van der Waals surface area contributed by atoms with E-state index in [9.17, 15) is 9.59 Å². The van der Waals surface area contributed by atoms with Gasteiger partial charge in [-0.15, -0.1) is 0 Å². The summed E-state index contributed by atoms with van der Waals surface area (Å²) in [6.07, 6.45) is 0. The van der Waals surface area contributed by atoms with Crippen LogP contribution in [-0.4, -0.2) is 49.6 Å². The van der Waals surface area contributed by atoms with Crippen LogP contribution in [-0.2, 0) is 9.53 Å². The number of amides is 2. The molecule has 0 saturated carbocycles. The van der Waals surface area contributed by atoms with Crippen LogP contribution in [0.25, 0.3) is 0 Å². The molecule has 0 radical (unpaired) electrons. The van der Waals surface area contributed by atoms with Gasteiger partial charge in [-0.2, -0.15) is 0 Å². The summed E-state index contributed by atoms with van der Waals surface area (Å²) in [5.41, 5.74) is 0.438. The predicted octanol–water partition coefficient (Wildman–Crippen LogP) is 1.58. The van der Waals surface area contributed by atoms with Gasteiger partial charge < -0.3 is 15.0 Å². The number of ether oxygens (including phenoxy) is 1. The van der Waals surface area contributed by atoms with E-state index in [0.717, 1.165) is 0 Å². The van der Waals surface area contributed by atoms with Crippen LogP contribution in [0, 0.1) is 0 Å². The van der Waals surface area contributed by atoms with Gasteiger partial charge in [0.15, 0.2) is 0 Å². The molecule has 0 aromatic heterocycles. The Balaban J connectivity index is 1.82. The summed E-state index contributed by atoms with van der Waals surface area (Å²) in [6, 6.07) is 4.69. The lowest BCUT2D eigenvalue weighted by Crippen LogP contribution is -2.45. The Morgan fingerprint density at radius 1 is 1.35 bits per heavy atom. The van der Waals surface area contributed by atoms with E-state index in [1.165, 1.54) is 6.07 Å². The minimum absolute atomic E-state index is 0.0555. The molecule has 0 aliphatic carbocycles. The monoisotopic (exact) mass is 316 g/mol. The molecule has 108 valence electrons. The Morgan fingerprint density at radius 3 is 2.85 bits per heavy atom. The Labute approximate surface area is 126 Å². The average molecular weight is 317 g/mol. The second kappa shape index (κ2) is 6.92.